The van der Waals surface area contributed by atoms with Crippen molar-refractivity contribution in [1.82, 2.24) is 19.7 Å². The van der Waals surface area contributed by atoms with Gasteiger partial charge in [0.05, 0.1) is 0 Å². The van der Waals surface area contributed by atoms with Crippen molar-refractivity contribution in [3.05, 3.63) is 29.0 Å². The normalized spacial score (nSPS) is 21.4. The maximum Gasteiger partial charge on any atom is 0.325 e. The molecule has 4 heterocycles. The molecule has 0 amide bonds. The Morgan fingerprint density at radius 2 is 2.12 bits per heavy atom. The van der Waals surface area contributed by atoms with Gasteiger partial charge in [-0.15, -0.1) is 11.3 Å². The second-order valence-electron chi connectivity index (χ2n) is 7.19. The Morgan fingerprint density at radius 3 is 2.92 bits per heavy atom. The molecule has 0 radical (unpaired) electrons. The second kappa shape index (κ2) is 7.75. The van der Waals surface area contributed by atoms with Gasteiger partial charge in [-0.3, -0.25) is 14.4 Å². The van der Waals surface area contributed by atoms with E-state index in [1.807, 2.05) is 23.6 Å². The third-order valence-corrected chi connectivity index (χ3v) is 6.30. The van der Waals surface area contributed by atoms with Crippen molar-refractivity contribution in [3.8, 4) is 0 Å². The van der Waals surface area contributed by atoms with Crippen LogP contribution in [0.2, 0.25) is 0 Å². The van der Waals surface area contributed by atoms with Crippen LogP contribution in [-0.4, -0.2) is 56.9 Å². The van der Waals surface area contributed by atoms with Crippen LogP contribution in [0.25, 0.3) is 0 Å². The van der Waals surface area contributed by atoms with E-state index in [1.54, 1.807) is 10.9 Å². The lowest BCUT2D eigenvalue weighted by Crippen LogP contribution is -2.34. The van der Waals surface area contributed by atoms with Crippen molar-refractivity contribution in [2.75, 3.05) is 31.1 Å². The summed E-state index contributed by atoms with van der Waals surface area (Å²) in [5.74, 6) is -0.502. The zero-order valence-corrected chi connectivity index (χ0v) is 15.7. The van der Waals surface area contributed by atoms with E-state index in [4.69, 9.17) is 5.11 Å². The highest BCUT2D eigenvalue weighted by Gasteiger charge is 2.25. The number of carboxylic acid groups (broad SMARTS) is 1. The molecule has 0 spiro atoms. The first kappa shape index (κ1) is 17.5. The van der Waals surface area contributed by atoms with Gasteiger partial charge in [-0.2, -0.15) is 5.10 Å². The largest absolute Gasteiger partial charge is 0.480 e. The third kappa shape index (κ3) is 3.91. The fourth-order valence-corrected chi connectivity index (χ4v) is 5.04. The van der Waals surface area contributed by atoms with Gasteiger partial charge in [-0.25, -0.2) is 4.98 Å². The van der Waals surface area contributed by atoms with Gasteiger partial charge in [0.1, 0.15) is 6.54 Å². The molecule has 0 saturated carbocycles. The number of nitrogens with zero attached hydrogens (tertiary/aromatic N) is 5. The summed E-state index contributed by atoms with van der Waals surface area (Å²) in [4.78, 5) is 21.8. The first-order valence-electron chi connectivity index (χ1n) is 9.34. The van der Waals surface area contributed by atoms with Crippen LogP contribution in [0.3, 0.4) is 0 Å². The standard InChI is InChI=1S/C18H25N5O2S/c24-17(25)13-23-16(5-6-20-23)14-4-3-7-21(11-14)12-15-10-19-18(26-15)22-8-1-2-9-22/h5-6,10,14H,1-4,7-9,11-13H2,(H,24,25)/t14-/m1/s1. The van der Waals surface area contributed by atoms with Crippen molar-refractivity contribution in [3.63, 3.8) is 0 Å². The van der Waals surface area contributed by atoms with Crippen LogP contribution in [-0.2, 0) is 17.9 Å². The number of rotatable bonds is 6. The first-order chi connectivity index (χ1) is 12.7. The fraction of sp³-hybridized carbons (Fsp3) is 0.611. The summed E-state index contributed by atoms with van der Waals surface area (Å²) < 4.78 is 1.63. The molecular formula is C18H25N5O2S. The van der Waals surface area contributed by atoms with E-state index in [2.05, 4.69) is 19.9 Å². The monoisotopic (exact) mass is 375 g/mol. The van der Waals surface area contributed by atoms with E-state index in [0.29, 0.717) is 5.92 Å². The summed E-state index contributed by atoms with van der Waals surface area (Å²) in [6.07, 6.45) is 8.49. The van der Waals surface area contributed by atoms with Crippen molar-refractivity contribution in [2.45, 2.75) is 44.7 Å². The SMILES string of the molecule is O=C(O)Cn1nccc1[C@@H]1CCCN(Cc2cnc(N3CCCC3)s2)C1. The topological polar surface area (TPSA) is 74.5 Å². The molecule has 0 unspecified atom stereocenters. The van der Waals surface area contributed by atoms with Crippen molar-refractivity contribution in [1.29, 1.82) is 0 Å². The molecule has 1 N–H and O–H groups in total. The Labute approximate surface area is 157 Å². The van der Waals surface area contributed by atoms with Gasteiger partial charge in [0.15, 0.2) is 5.13 Å². The summed E-state index contributed by atoms with van der Waals surface area (Å²) in [6, 6.07) is 1.97. The fourth-order valence-electron chi connectivity index (χ4n) is 4.04. The van der Waals surface area contributed by atoms with Gasteiger partial charge >= 0.3 is 5.97 Å². The molecule has 2 saturated heterocycles. The Hall–Kier alpha value is -1.93. The maximum absolute atomic E-state index is 11.0. The summed E-state index contributed by atoms with van der Waals surface area (Å²) >= 11 is 1.81. The lowest BCUT2D eigenvalue weighted by molar-refractivity contribution is -0.137. The summed E-state index contributed by atoms with van der Waals surface area (Å²) in [5, 5.41) is 14.4. The van der Waals surface area contributed by atoms with Gasteiger partial charge in [-0.1, -0.05) is 0 Å². The van der Waals surface area contributed by atoms with E-state index in [9.17, 15) is 4.79 Å². The smallest absolute Gasteiger partial charge is 0.325 e. The van der Waals surface area contributed by atoms with Crippen molar-refractivity contribution in [2.24, 2.45) is 0 Å². The molecule has 0 aromatic carbocycles. The second-order valence-corrected chi connectivity index (χ2v) is 8.28. The molecule has 4 rings (SSSR count). The number of piperidine rings is 1. The molecule has 140 valence electrons. The van der Waals surface area contributed by atoms with E-state index in [-0.39, 0.29) is 6.54 Å². The van der Waals surface area contributed by atoms with Crippen molar-refractivity contribution < 1.29 is 9.90 Å². The van der Waals surface area contributed by atoms with Crippen LogP contribution >= 0.6 is 11.3 Å². The van der Waals surface area contributed by atoms with Crippen LogP contribution in [0.4, 0.5) is 5.13 Å². The highest BCUT2D eigenvalue weighted by Crippen LogP contribution is 2.30. The summed E-state index contributed by atoms with van der Waals surface area (Å²) in [7, 11) is 0. The number of carboxylic acids is 1. The quantitative estimate of drug-likeness (QED) is 0.836. The van der Waals surface area contributed by atoms with Gasteiger partial charge in [-0.05, 0) is 38.3 Å². The predicted octanol–water partition coefficient (Wildman–Crippen LogP) is 2.40. The molecule has 1 atom stereocenters. The van der Waals surface area contributed by atoms with Crippen LogP contribution in [0, 0.1) is 0 Å². The Bertz CT molecular complexity index is 752. The number of thiazole rings is 1. The molecule has 0 bridgehead atoms. The number of anilines is 1. The van der Waals surface area contributed by atoms with Crippen molar-refractivity contribution >= 4 is 22.4 Å². The number of likely N-dealkylation sites (tertiary alicyclic amines) is 1. The minimum Gasteiger partial charge on any atom is -0.480 e. The Kier molecular flexibility index (Phi) is 5.21. The summed E-state index contributed by atoms with van der Waals surface area (Å²) in [6.45, 7) is 5.16. The lowest BCUT2D eigenvalue weighted by atomic mass is 9.94. The number of hydrogen-bond acceptors (Lipinski definition) is 6. The highest BCUT2D eigenvalue weighted by atomic mass is 32.1. The van der Waals surface area contributed by atoms with Gasteiger partial charge in [0.2, 0.25) is 0 Å². The zero-order chi connectivity index (χ0) is 17.9. The predicted molar refractivity (Wildman–Crippen MR) is 101 cm³/mol. The zero-order valence-electron chi connectivity index (χ0n) is 14.9. The van der Waals surface area contributed by atoms with Crippen LogP contribution in [0.15, 0.2) is 18.5 Å². The average Bonchev–Trinajstić information content (AvgIpc) is 3.36. The molecule has 7 nitrogen and oxygen atoms in total. The minimum atomic E-state index is -0.846. The van der Waals surface area contributed by atoms with E-state index < -0.39 is 5.97 Å². The minimum absolute atomic E-state index is 0.0626. The van der Waals surface area contributed by atoms with E-state index in [0.717, 1.165) is 56.4 Å². The van der Waals surface area contributed by atoms with E-state index in [1.165, 1.54) is 17.7 Å². The Balaban J connectivity index is 1.39. The van der Waals surface area contributed by atoms with Gasteiger partial charge in [0.25, 0.3) is 0 Å². The molecule has 8 heteroatoms. The molecule has 2 aliphatic heterocycles. The van der Waals surface area contributed by atoms with Crippen LogP contribution in [0.5, 0.6) is 0 Å². The molecule has 2 fully saturated rings. The van der Waals surface area contributed by atoms with E-state index >= 15 is 0 Å². The summed E-state index contributed by atoms with van der Waals surface area (Å²) in [5.41, 5.74) is 1.04. The third-order valence-electron chi connectivity index (χ3n) is 5.26. The molecule has 2 aromatic rings. The number of hydrogen-bond donors (Lipinski definition) is 1. The number of aromatic nitrogens is 3. The van der Waals surface area contributed by atoms with Gasteiger partial charge in [0, 0.05) is 55.1 Å². The first-order valence-corrected chi connectivity index (χ1v) is 10.2. The molecular weight excluding hydrogens is 350 g/mol. The molecule has 0 aliphatic carbocycles. The van der Waals surface area contributed by atoms with Gasteiger partial charge < -0.3 is 10.0 Å². The average molecular weight is 375 g/mol. The maximum atomic E-state index is 11.0. The molecule has 26 heavy (non-hydrogen) atoms. The lowest BCUT2D eigenvalue weighted by Gasteiger charge is -2.32. The highest BCUT2D eigenvalue weighted by molar-refractivity contribution is 7.15. The Morgan fingerprint density at radius 1 is 1.27 bits per heavy atom. The van der Waals surface area contributed by atoms with Crippen LogP contribution < -0.4 is 4.90 Å². The molecule has 2 aromatic heterocycles. The van der Waals surface area contributed by atoms with Crippen LogP contribution in [0.1, 0.15) is 42.2 Å². The number of aliphatic carboxylic acids is 1. The molecule has 2 aliphatic rings. The number of carbonyl (C=O) groups is 1.